The normalized spacial score (nSPS) is 19.3. The van der Waals surface area contributed by atoms with Crippen LogP contribution in [-0.4, -0.2) is 23.5 Å². The molecule has 0 fully saturated rings. The van der Waals surface area contributed by atoms with Gasteiger partial charge in [0.1, 0.15) is 6.10 Å². The van der Waals surface area contributed by atoms with Crippen molar-refractivity contribution in [3.8, 4) is 5.75 Å². The summed E-state index contributed by atoms with van der Waals surface area (Å²) in [7, 11) is 0. The average Bonchev–Trinajstić information content (AvgIpc) is 2.27. The summed E-state index contributed by atoms with van der Waals surface area (Å²) in [4.78, 5) is 17.3. The number of pyridine rings is 1. The van der Waals surface area contributed by atoms with Gasteiger partial charge in [-0.3, -0.25) is 9.69 Å². The molecule has 1 aliphatic heterocycles. The zero-order chi connectivity index (χ0) is 10.8. The molecule has 1 aliphatic rings. The van der Waals surface area contributed by atoms with E-state index in [9.17, 15) is 4.79 Å². The molecule has 1 amide bonds. The third kappa shape index (κ3) is 1.79. The molecule has 15 heavy (non-hydrogen) atoms. The fraction of sp³-hybridized carbons (Fsp3) is 0.455. The molecule has 0 spiro atoms. The number of nitrogens with zero attached hydrogens (tertiary/aromatic N) is 2. The first kappa shape index (κ1) is 9.96. The lowest BCUT2D eigenvalue weighted by atomic mass is 10.2. The smallest absolute Gasteiger partial charge is 0.225 e. The van der Waals surface area contributed by atoms with E-state index in [1.165, 1.54) is 0 Å². The predicted octanol–water partition coefficient (Wildman–Crippen LogP) is 1.61. The molecule has 1 aromatic rings. The van der Waals surface area contributed by atoms with Crippen LogP contribution in [0.1, 0.15) is 20.3 Å². The highest BCUT2D eigenvalue weighted by Gasteiger charge is 2.27. The van der Waals surface area contributed by atoms with Gasteiger partial charge in [-0.2, -0.15) is 0 Å². The van der Waals surface area contributed by atoms with Crippen LogP contribution in [0.2, 0.25) is 0 Å². The second-order valence-electron chi connectivity index (χ2n) is 3.60. The van der Waals surface area contributed by atoms with Crippen LogP contribution in [0.25, 0.3) is 0 Å². The number of carbonyl (C=O) groups is 1. The fourth-order valence-corrected chi connectivity index (χ4v) is 1.67. The molecule has 2 rings (SSSR count). The molecule has 80 valence electrons. The average molecular weight is 206 g/mol. The molecule has 0 N–H and O–H groups in total. The third-order valence-corrected chi connectivity index (χ3v) is 2.52. The van der Waals surface area contributed by atoms with Gasteiger partial charge in [0.2, 0.25) is 5.91 Å². The third-order valence-electron chi connectivity index (χ3n) is 2.52. The largest absolute Gasteiger partial charge is 0.485 e. The van der Waals surface area contributed by atoms with Crippen LogP contribution in [0.5, 0.6) is 5.75 Å². The van der Waals surface area contributed by atoms with Crippen molar-refractivity contribution in [2.24, 2.45) is 0 Å². The summed E-state index contributed by atoms with van der Waals surface area (Å²) < 4.78 is 5.71. The van der Waals surface area contributed by atoms with E-state index in [4.69, 9.17) is 4.74 Å². The van der Waals surface area contributed by atoms with Crippen LogP contribution < -0.4 is 9.64 Å². The molecule has 2 heterocycles. The van der Waals surface area contributed by atoms with Gasteiger partial charge in [0.05, 0.1) is 6.54 Å². The van der Waals surface area contributed by atoms with Crippen molar-refractivity contribution >= 4 is 11.7 Å². The highest BCUT2D eigenvalue weighted by atomic mass is 16.5. The fourth-order valence-electron chi connectivity index (χ4n) is 1.67. The van der Waals surface area contributed by atoms with E-state index in [0.29, 0.717) is 18.1 Å². The van der Waals surface area contributed by atoms with Crippen molar-refractivity contribution in [3.05, 3.63) is 18.3 Å². The van der Waals surface area contributed by atoms with Gasteiger partial charge in [0, 0.05) is 13.1 Å². The van der Waals surface area contributed by atoms with Gasteiger partial charge >= 0.3 is 0 Å². The van der Waals surface area contributed by atoms with Crippen molar-refractivity contribution in [1.29, 1.82) is 0 Å². The Kier molecular flexibility index (Phi) is 2.58. The molecular weight excluding hydrogens is 192 g/mol. The molecule has 0 aliphatic carbocycles. The minimum absolute atomic E-state index is 0.0108. The van der Waals surface area contributed by atoms with Gasteiger partial charge in [-0.15, -0.1) is 0 Å². The second-order valence-corrected chi connectivity index (χ2v) is 3.60. The minimum Gasteiger partial charge on any atom is -0.485 e. The van der Waals surface area contributed by atoms with E-state index in [-0.39, 0.29) is 12.0 Å². The van der Waals surface area contributed by atoms with Gasteiger partial charge < -0.3 is 4.74 Å². The van der Waals surface area contributed by atoms with Crippen molar-refractivity contribution in [2.45, 2.75) is 26.4 Å². The summed E-state index contributed by atoms with van der Waals surface area (Å²) in [5.41, 5.74) is 0. The molecule has 0 radical (unpaired) electrons. The minimum atomic E-state index is 0.0108. The Bertz CT molecular complexity index is 379. The number of aromatic nitrogens is 1. The lowest BCUT2D eigenvalue weighted by Gasteiger charge is -2.32. The van der Waals surface area contributed by atoms with E-state index in [2.05, 4.69) is 4.98 Å². The molecule has 0 aromatic carbocycles. The van der Waals surface area contributed by atoms with Crippen LogP contribution in [0.3, 0.4) is 0 Å². The topological polar surface area (TPSA) is 42.4 Å². The summed E-state index contributed by atoms with van der Waals surface area (Å²) in [5, 5.41) is 0. The van der Waals surface area contributed by atoms with Gasteiger partial charge in [-0.05, 0) is 18.6 Å². The number of hydrogen-bond acceptors (Lipinski definition) is 3. The lowest BCUT2D eigenvalue weighted by Crippen LogP contribution is -2.42. The number of hydrogen-bond donors (Lipinski definition) is 0. The Morgan fingerprint density at radius 3 is 3.20 bits per heavy atom. The Labute approximate surface area is 88.9 Å². The van der Waals surface area contributed by atoms with E-state index in [1.54, 1.807) is 18.0 Å². The summed E-state index contributed by atoms with van der Waals surface area (Å²) in [6, 6.07) is 3.66. The standard InChI is InChI=1S/C11H14N2O2/c1-3-9-7-13(8(2)14)11-10(15-9)5-4-6-12-11/h4-6,9H,3,7H2,1-2H3. The summed E-state index contributed by atoms with van der Waals surface area (Å²) in [5.74, 6) is 1.34. The Hall–Kier alpha value is -1.58. The van der Waals surface area contributed by atoms with Crippen LogP contribution >= 0.6 is 0 Å². The van der Waals surface area contributed by atoms with E-state index in [1.807, 2.05) is 19.1 Å². The van der Waals surface area contributed by atoms with Crippen molar-refractivity contribution in [2.75, 3.05) is 11.4 Å². The first-order chi connectivity index (χ1) is 7.22. The van der Waals surface area contributed by atoms with Crippen LogP contribution in [0.15, 0.2) is 18.3 Å². The van der Waals surface area contributed by atoms with Gasteiger partial charge in [-0.1, -0.05) is 6.92 Å². The monoisotopic (exact) mass is 206 g/mol. The zero-order valence-electron chi connectivity index (χ0n) is 8.93. The zero-order valence-corrected chi connectivity index (χ0v) is 8.93. The van der Waals surface area contributed by atoms with E-state index >= 15 is 0 Å². The summed E-state index contributed by atoms with van der Waals surface area (Å²) in [6.45, 7) is 4.19. The molecule has 0 saturated heterocycles. The first-order valence-corrected chi connectivity index (χ1v) is 5.12. The molecule has 1 aromatic heterocycles. The maximum Gasteiger partial charge on any atom is 0.225 e. The van der Waals surface area contributed by atoms with Crippen molar-refractivity contribution < 1.29 is 9.53 Å². The van der Waals surface area contributed by atoms with Crippen molar-refractivity contribution in [1.82, 2.24) is 4.98 Å². The summed E-state index contributed by atoms with van der Waals surface area (Å²) >= 11 is 0. The number of anilines is 1. The van der Waals surface area contributed by atoms with Crippen LogP contribution in [0.4, 0.5) is 5.82 Å². The van der Waals surface area contributed by atoms with E-state index in [0.717, 1.165) is 6.42 Å². The number of ether oxygens (including phenoxy) is 1. The van der Waals surface area contributed by atoms with Crippen LogP contribution in [-0.2, 0) is 4.79 Å². The highest BCUT2D eigenvalue weighted by Crippen LogP contribution is 2.31. The first-order valence-electron chi connectivity index (χ1n) is 5.12. The molecular formula is C11H14N2O2. The number of carbonyl (C=O) groups excluding carboxylic acids is 1. The number of fused-ring (bicyclic) bond motifs is 1. The Morgan fingerprint density at radius 2 is 2.53 bits per heavy atom. The molecule has 4 heteroatoms. The quantitative estimate of drug-likeness (QED) is 0.701. The highest BCUT2D eigenvalue weighted by molar-refractivity contribution is 5.92. The lowest BCUT2D eigenvalue weighted by molar-refractivity contribution is -0.117. The van der Waals surface area contributed by atoms with Crippen LogP contribution in [0, 0.1) is 0 Å². The maximum atomic E-state index is 11.5. The molecule has 0 bridgehead atoms. The predicted molar refractivity (Wildman–Crippen MR) is 57.0 cm³/mol. The van der Waals surface area contributed by atoms with Gasteiger partial charge in [0.25, 0.3) is 0 Å². The summed E-state index contributed by atoms with van der Waals surface area (Å²) in [6.07, 6.45) is 2.63. The molecule has 0 saturated carbocycles. The molecule has 1 unspecified atom stereocenters. The molecule has 4 nitrogen and oxygen atoms in total. The SMILES string of the molecule is CCC1CN(C(C)=O)c2ncccc2O1. The van der Waals surface area contributed by atoms with E-state index < -0.39 is 0 Å². The van der Waals surface area contributed by atoms with Gasteiger partial charge in [0.15, 0.2) is 11.6 Å². The Balaban J connectivity index is 2.38. The Morgan fingerprint density at radius 1 is 1.73 bits per heavy atom. The number of rotatable bonds is 1. The number of amides is 1. The molecule has 1 atom stereocenters. The second kappa shape index (κ2) is 3.88. The van der Waals surface area contributed by atoms with Gasteiger partial charge in [-0.25, -0.2) is 4.98 Å². The maximum absolute atomic E-state index is 11.5. The van der Waals surface area contributed by atoms with Crippen molar-refractivity contribution in [3.63, 3.8) is 0 Å².